The fraction of sp³-hybridized carbons (Fsp3) is 0.435. The first-order chi connectivity index (χ1) is 14.8. The average Bonchev–Trinajstić information content (AvgIpc) is 3.16. The number of benzene rings is 2. The van der Waals surface area contributed by atoms with Crippen molar-refractivity contribution in [1.82, 2.24) is 5.32 Å². The van der Waals surface area contributed by atoms with E-state index < -0.39 is 0 Å². The van der Waals surface area contributed by atoms with Gasteiger partial charge in [-0.1, -0.05) is 12.1 Å². The molecule has 1 unspecified atom stereocenters. The topological polar surface area (TPSA) is 64.1 Å². The molecule has 0 saturated carbocycles. The van der Waals surface area contributed by atoms with Crippen LogP contribution in [-0.2, 0) is 11.2 Å². The van der Waals surface area contributed by atoms with Crippen LogP contribution in [0, 0.1) is 5.82 Å². The van der Waals surface area contributed by atoms with E-state index in [1.54, 1.807) is 12.1 Å². The summed E-state index contributed by atoms with van der Waals surface area (Å²) >= 11 is 0. The second-order valence-electron chi connectivity index (χ2n) is 7.47. The van der Waals surface area contributed by atoms with Gasteiger partial charge in [0.05, 0.1) is 25.9 Å². The van der Waals surface area contributed by atoms with Gasteiger partial charge in [0, 0.05) is 31.3 Å². The van der Waals surface area contributed by atoms with Crippen molar-refractivity contribution in [3.8, 4) is 11.5 Å². The molecule has 6 nitrogen and oxygen atoms in total. The first kappa shape index (κ1) is 23.6. The maximum Gasteiger partial charge on any atom is 0.195 e. The van der Waals surface area contributed by atoms with Crippen molar-refractivity contribution in [2.24, 2.45) is 4.99 Å². The second kappa shape index (κ2) is 12.1. The van der Waals surface area contributed by atoms with Gasteiger partial charge < -0.3 is 24.8 Å². The zero-order valence-corrected chi connectivity index (χ0v) is 19.8. The number of nitrogens with zero attached hydrogens (tertiary/aromatic N) is 1. The summed E-state index contributed by atoms with van der Waals surface area (Å²) in [5.41, 5.74) is 1.81. The lowest BCUT2D eigenvalue weighted by Gasteiger charge is -2.15. The van der Waals surface area contributed by atoms with Gasteiger partial charge in [-0.3, -0.25) is 4.99 Å². The molecule has 168 valence electrons. The highest BCUT2D eigenvalue weighted by molar-refractivity contribution is 14.0. The third-order valence-electron chi connectivity index (χ3n) is 5.08. The van der Waals surface area contributed by atoms with E-state index in [4.69, 9.17) is 19.2 Å². The van der Waals surface area contributed by atoms with Gasteiger partial charge in [0.15, 0.2) is 17.5 Å². The van der Waals surface area contributed by atoms with Gasteiger partial charge in [-0.15, -0.1) is 24.0 Å². The number of hydrogen-bond donors (Lipinski definition) is 2. The average molecular weight is 541 g/mol. The van der Waals surface area contributed by atoms with Crippen molar-refractivity contribution in [1.29, 1.82) is 0 Å². The molecule has 2 aliphatic rings. The van der Waals surface area contributed by atoms with Gasteiger partial charge in [0.25, 0.3) is 0 Å². The molecule has 1 fully saturated rings. The quantitative estimate of drug-likeness (QED) is 0.323. The molecule has 8 heteroatoms. The molecule has 4 rings (SSSR count). The molecule has 0 radical (unpaired) electrons. The van der Waals surface area contributed by atoms with Crippen molar-refractivity contribution >= 4 is 35.6 Å². The largest absolute Gasteiger partial charge is 0.490 e. The predicted molar refractivity (Wildman–Crippen MR) is 130 cm³/mol. The second-order valence-corrected chi connectivity index (χ2v) is 7.47. The van der Waals surface area contributed by atoms with Gasteiger partial charge >= 0.3 is 0 Å². The zero-order chi connectivity index (χ0) is 20.6. The Bertz CT molecular complexity index is 875. The third-order valence-corrected chi connectivity index (χ3v) is 5.08. The Labute approximate surface area is 199 Å². The maximum atomic E-state index is 13.4. The lowest BCUT2D eigenvalue weighted by molar-refractivity contribution is 0.118. The summed E-state index contributed by atoms with van der Waals surface area (Å²) in [6, 6.07) is 12.4. The number of guanidine groups is 1. The highest BCUT2D eigenvalue weighted by Gasteiger charge is 2.16. The predicted octanol–water partition coefficient (Wildman–Crippen LogP) is 4.38. The first-order valence-corrected chi connectivity index (χ1v) is 10.6. The molecule has 0 aromatic heterocycles. The third kappa shape index (κ3) is 7.24. The lowest BCUT2D eigenvalue weighted by atomic mass is 10.1. The number of anilines is 1. The Morgan fingerprint density at radius 2 is 1.90 bits per heavy atom. The molecule has 0 amide bonds. The molecule has 0 bridgehead atoms. The number of aliphatic imine (C=N–C) groups is 1. The van der Waals surface area contributed by atoms with Gasteiger partial charge in [-0.2, -0.15) is 0 Å². The Morgan fingerprint density at radius 1 is 1.03 bits per heavy atom. The SMILES string of the molecule is Fc1cccc(CCNC(=NCC2CCCO2)Nc2ccc3c(c2)OCCCO3)c1.I. The van der Waals surface area contributed by atoms with Crippen LogP contribution < -0.4 is 20.1 Å². The van der Waals surface area contributed by atoms with E-state index in [0.29, 0.717) is 38.7 Å². The molecule has 2 aliphatic heterocycles. The Hall–Kier alpha value is -2.07. The summed E-state index contributed by atoms with van der Waals surface area (Å²) in [7, 11) is 0. The highest BCUT2D eigenvalue weighted by Crippen LogP contribution is 2.32. The number of nitrogens with one attached hydrogen (secondary N) is 2. The number of halogens is 2. The van der Waals surface area contributed by atoms with E-state index in [1.807, 2.05) is 24.3 Å². The van der Waals surface area contributed by atoms with Crippen LogP contribution in [0.25, 0.3) is 0 Å². The molecule has 1 saturated heterocycles. The van der Waals surface area contributed by atoms with Gasteiger partial charge in [0.2, 0.25) is 0 Å². The molecule has 0 aliphatic carbocycles. The Morgan fingerprint density at radius 3 is 2.71 bits per heavy atom. The van der Waals surface area contributed by atoms with Crippen LogP contribution in [0.5, 0.6) is 11.5 Å². The molecular weight excluding hydrogens is 512 g/mol. The maximum absolute atomic E-state index is 13.4. The number of hydrogen-bond acceptors (Lipinski definition) is 4. The minimum absolute atomic E-state index is 0. The minimum atomic E-state index is -0.218. The van der Waals surface area contributed by atoms with Gasteiger partial charge in [0.1, 0.15) is 5.82 Å². The fourth-order valence-electron chi connectivity index (χ4n) is 3.52. The summed E-state index contributed by atoms with van der Waals surface area (Å²) < 4.78 is 30.6. The number of rotatable bonds is 6. The monoisotopic (exact) mass is 541 g/mol. The van der Waals surface area contributed by atoms with Crippen molar-refractivity contribution in [3.05, 3.63) is 53.8 Å². The summed E-state index contributed by atoms with van der Waals surface area (Å²) in [6.07, 6.45) is 3.84. The Balaban J connectivity index is 0.00000272. The molecule has 2 aromatic rings. The molecular formula is C23H29FIN3O3. The molecule has 1 atom stereocenters. The van der Waals surface area contributed by atoms with E-state index in [-0.39, 0.29) is 35.9 Å². The molecule has 2 aromatic carbocycles. The van der Waals surface area contributed by atoms with E-state index in [9.17, 15) is 4.39 Å². The lowest BCUT2D eigenvalue weighted by Crippen LogP contribution is -2.33. The Kier molecular flexibility index (Phi) is 9.20. The summed E-state index contributed by atoms with van der Waals surface area (Å²) in [6.45, 7) is 3.33. The molecule has 31 heavy (non-hydrogen) atoms. The van der Waals surface area contributed by atoms with Crippen molar-refractivity contribution in [3.63, 3.8) is 0 Å². The van der Waals surface area contributed by atoms with Gasteiger partial charge in [-0.05, 0) is 49.1 Å². The smallest absolute Gasteiger partial charge is 0.195 e. The van der Waals surface area contributed by atoms with Crippen LogP contribution in [0.4, 0.5) is 10.1 Å². The van der Waals surface area contributed by atoms with Crippen LogP contribution in [0.3, 0.4) is 0 Å². The van der Waals surface area contributed by atoms with E-state index in [1.165, 1.54) is 6.07 Å². The van der Waals surface area contributed by atoms with Crippen molar-refractivity contribution < 1.29 is 18.6 Å². The summed E-state index contributed by atoms with van der Waals surface area (Å²) in [5, 5.41) is 6.69. The summed E-state index contributed by atoms with van der Waals surface area (Å²) in [4.78, 5) is 4.70. The van der Waals surface area contributed by atoms with E-state index >= 15 is 0 Å². The van der Waals surface area contributed by atoms with E-state index in [0.717, 1.165) is 48.6 Å². The van der Waals surface area contributed by atoms with E-state index in [2.05, 4.69) is 10.6 Å². The number of ether oxygens (including phenoxy) is 3. The first-order valence-electron chi connectivity index (χ1n) is 10.6. The number of fused-ring (bicyclic) bond motifs is 1. The molecule has 2 N–H and O–H groups in total. The molecule has 2 heterocycles. The zero-order valence-electron chi connectivity index (χ0n) is 17.4. The van der Waals surface area contributed by atoms with Crippen LogP contribution in [-0.4, -0.2) is 45.0 Å². The van der Waals surface area contributed by atoms with Crippen LogP contribution in [0.1, 0.15) is 24.8 Å². The normalized spacial score (nSPS) is 18.1. The van der Waals surface area contributed by atoms with Crippen molar-refractivity contribution in [2.75, 3.05) is 38.2 Å². The van der Waals surface area contributed by atoms with Crippen LogP contribution in [0.15, 0.2) is 47.5 Å². The summed E-state index contributed by atoms with van der Waals surface area (Å²) in [5.74, 6) is 1.94. The van der Waals surface area contributed by atoms with Crippen molar-refractivity contribution in [2.45, 2.75) is 31.8 Å². The van der Waals surface area contributed by atoms with Crippen LogP contribution in [0.2, 0.25) is 0 Å². The minimum Gasteiger partial charge on any atom is -0.490 e. The highest BCUT2D eigenvalue weighted by atomic mass is 127. The van der Waals surface area contributed by atoms with Gasteiger partial charge in [-0.25, -0.2) is 4.39 Å². The fourth-order valence-corrected chi connectivity index (χ4v) is 3.52. The molecule has 0 spiro atoms. The standard InChI is InChI=1S/C23H28FN3O3.HI/c24-18-5-1-4-17(14-18)9-10-25-23(26-16-20-6-2-11-28-20)27-19-7-8-21-22(15-19)30-13-3-12-29-21;/h1,4-5,7-8,14-15,20H,2-3,6,9-13,16H2,(H2,25,26,27);1H. The van der Waals surface area contributed by atoms with Crippen LogP contribution >= 0.6 is 24.0 Å².